The van der Waals surface area contributed by atoms with Gasteiger partial charge >= 0.3 is 0 Å². The number of nitrogens with two attached hydrogens (primary N) is 1. The molecule has 0 aliphatic heterocycles. The number of nitrogens with one attached hydrogen (secondary N) is 1. The van der Waals surface area contributed by atoms with Gasteiger partial charge in [-0.15, -0.1) is 10.2 Å². The standard InChI is InChI=1S/C16H21N5OS/c1-21-10-18-20-16(21)23-13-7-5-12(6-8-13)19-15(22)14-4-2-3-11(14)9-17/h5-8,10-11,14H,2-4,9,17H2,1H3,(H,19,22)/t11-,14-/m1/s1. The fraction of sp³-hybridized carbons (Fsp3) is 0.438. The lowest BCUT2D eigenvalue weighted by molar-refractivity contribution is -0.120. The average Bonchev–Trinajstić information content (AvgIpc) is 3.18. The summed E-state index contributed by atoms with van der Waals surface area (Å²) in [7, 11) is 1.91. The molecule has 1 aromatic carbocycles. The molecule has 3 N–H and O–H groups in total. The maximum atomic E-state index is 12.4. The lowest BCUT2D eigenvalue weighted by atomic mass is 9.95. The van der Waals surface area contributed by atoms with Crippen molar-refractivity contribution in [1.82, 2.24) is 14.8 Å². The Hall–Kier alpha value is -1.86. The van der Waals surface area contributed by atoms with Crippen molar-refractivity contribution in [3.63, 3.8) is 0 Å². The van der Waals surface area contributed by atoms with E-state index in [0.29, 0.717) is 12.5 Å². The molecule has 1 aliphatic carbocycles. The van der Waals surface area contributed by atoms with E-state index in [4.69, 9.17) is 5.73 Å². The van der Waals surface area contributed by atoms with Gasteiger partial charge in [0.25, 0.3) is 0 Å². The van der Waals surface area contributed by atoms with E-state index in [-0.39, 0.29) is 11.8 Å². The maximum absolute atomic E-state index is 12.4. The van der Waals surface area contributed by atoms with Gasteiger partial charge in [-0.3, -0.25) is 4.79 Å². The lowest BCUT2D eigenvalue weighted by Crippen LogP contribution is -2.29. The van der Waals surface area contributed by atoms with Crippen molar-refractivity contribution in [2.75, 3.05) is 11.9 Å². The van der Waals surface area contributed by atoms with Gasteiger partial charge in [0, 0.05) is 23.5 Å². The molecule has 0 radical (unpaired) electrons. The smallest absolute Gasteiger partial charge is 0.227 e. The monoisotopic (exact) mass is 331 g/mol. The fourth-order valence-corrected chi connectivity index (χ4v) is 3.74. The van der Waals surface area contributed by atoms with Gasteiger partial charge in [-0.1, -0.05) is 6.42 Å². The number of hydrogen-bond donors (Lipinski definition) is 2. The number of carbonyl (C=O) groups excluding carboxylic acids is 1. The summed E-state index contributed by atoms with van der Waals surface area (Å²) in [5.74, 6) is 0.458. The Kier molecular flexibility index (Phi) is 4.97. The molecule has 6 nitrogen and oxygen atoms in total. The van der Waals surface area contributed by atoms with E-state index in [0.717, 1.165) is 35.0 Å². The van der Waals surface area contributed by atoms with Gasteiger partial charge in [0.1, 0.15) is 6.33 Å². The van der Waals surface area contributed by atoms with Crippen molar-refractivity contribution in [3.8, 4) is 0 Å². The highest BCUT2D eigenvalue weighted by Gasteiger charge is 2.31. The normalized spacial score (nSPS) is 20.6. The number of nitrogens with zero attached hydrogens (tertiary/aromatic N) is 3. The lowest BCUT2D eigenvalue weighted by Gasteiger charge is -2.17. The topological polar surface area (TPSA) is 85.8 Å². The largest absolute Gasteiger partial charge is 0.330 e. The first kappa shape index (κ1) is 16.0. The predicted octanol–water partition coefficient (Wildman–Crippen LogP) is 2.28. The Morgan fingerprint density at radius 1 is 1.39 bits per heavy atom. The summed E-state index contributed by atoms with van der Waals surface area (Å²) in [5.41, 5.74) is 6.58. The van der Waals surface area contributed by atoms with Crippen LogP contribution in [-0.2, 0) is 11.8 Å². The van der Waals surface area contributed by atoms with Gasteiger partial charge in [-0.05, 0) is 61.3 Å². The number of aryl methyl sites for hydroxylation is 1. The molecule has 3 rings (SSSR count). The minimum Gasteiger partial charge on any atom is -0.330 e. The molecule has 122 valence electrons. The van der Waals surface area contributed by atoms with Crippen LogP contribution in [0.15, 0.2) is 40.6 Å². The van der Waals surface area contributed by atoms with E-state index in [1.807, 2.05) is 35.9 Å². The number of carbonyl (C=O) groups is 1. The Morgan fingerprint density at radius 3 is 2.83 bits per heavy atom. The Balaban J connectivity index is 1.61. The molecule has 1 heterocycles. The van der Waals surface area contributed by atoms with E-state index in [1.54, 1.807) is 6.33 Å². The number of amides is 1. The number of rotatable bonds is 5. The van der Waals surface area contributed by atoms with E-state index in [1.165, 1.54) is 11.8 Å². The van der Waals surface area contributed by atoms with Crippen LogP contribution >= 0.6 is 11.8 Å². The number of anilines is 1. The molecule has 7 heteroatoms. The van der Waals surface area contributed by atoms with Crippen LogP contribution in [0.1, 0.15) is 19.3 Å². The van der Waals surface area contributed by atoms with Crippen LogP contribution in [0.3, 0.4) is 0 Å². The minimum absolute atomic E-state index is 0.0488. The van der Waals surface area contributed by atoms with Crippen LogP contribution in [0.4, 0.5) is 5.69 Å². The second kappa shape index (κ2) is 7.14. The summed E-state index contributed by atoms with van der Waals surface area (Å²) in [6.45, 7) is 0.589. The zero-order chi connectivity index (χ0) is 16.2. The molecule has 1 aromatic heterocycles. The van der Waals surface area contributed by atoms with Gasteiger partial charge in [0.15, 0.2) is 5.16 Å². The first-order valence-corrected chi connectivity index (χ1v) is 8.62. The first-order valence-electron chi connectivity index (χ1n) is 7.80. The van der Waals surface area contributed by atoms with Crippen molar-refractivity contribution in [2.45, 2.75) is 29.3 Å². The number of aromatic nitrogens is 3. The van der Waals surface area contributed by atoms with E-state index >= 15 is 0 Å². The molecule has 2 aromatic rings. The van der Waals surface area contributed by atoms with Crippen molar-refractivity contribution in [1.29, 1.82) is 0 Å². The molecular formula is C16H21N5OS. The molecule has 1 saturated carbocycles. The average molecular weight is 331 g/mol. The summed E-state index contributed by atoms with van der Waals surface area (Å²) < 4.78 is 1.87. The summed E-state index contributed by atoms with van der Waals surface area (Å²) in [6, 6.07) is 7.79. The molecule has 0 spiro atoms. The second-order valence-electron chi connectivity index (χ2n) is 5.87. The highest BCUT2D eigenvalue weighted by atomic mass is 32.2. The predicted molar refractivity (Wildman–Crippen MR) is 90.1 cm³/mol. The number of benzene rings is 1. The summed E-state index contributed by atoms with van der Waals surface area (Å²) in [5, 5.41) is 11.7. The molecule has 0 saturated heterocycles. The Bertz CT molecular complexity index is 669. The molecule has 0 bridgehead atoms. The Labute approximate surface area is 139 Å². The van der Waals surface area contributed by atoms with Crippen LogP contribution in [0, 0.1) is 11.8 Å². The minimum atomic E-state index is 0.0488. The summed E-state index contributed by atoms with van der Waals surface area (Å²) >= 11 is 1.54. The Morgan fingerprint density at radius 2 is 2.17 bits per heavy atom. The molecule has 1 aliphatic rings. The van der Waals surface area contributed by atoms with Crippen LogP contribution in [-0.4, -0.2) is 27.2 Å². The van der Waals surface area contributed by atoms with Crippen molar-refractivity contribution < 1.29 is 4.79 Å². The van der Waals surface area contributed by atoms with Gasteiger partial charge in [0.05, 0.1) is 0 Å². The van der Waals surface area contributed by atoms with Gasteiger partial charge in [-0.25, -0.2) is 0 Å². The van der Waals surface area contributed by atoms with Crippen LogP contribution < -0.4 is 11.1 Å². The molecule has 2 atom stereocenters. The molecular weight excluding hydrogens is 310 g/mol. The second-order valence-corrected chi connectivity index (χ2v) is 6.91. The summed E-state index contributed by atoms with van der Waals surface area (Å²) in [4.78, 5) is 13.4. The zero-order valence-electron chi connectivity index (χ0n) is 13.1. The third-order valence-electron chi connectivity index (χ3n) is 4.30. The van der Waals surface area contributed by atoms with Crippen molar-refractivity contribution in [3.05, 3.63) is 30.6 Å². The highest BCUT2D eigenvalue weighted by Crippen LogP contribution is 2.32. The number of hydrogen-bond acceptors (Lipinski definition) is 5. The fourth-order valence-electron chi connectivity index (χ4n) is 2.98. The van der Waals surface area contributed by atoms with Crippen molar-refractivity contribution in [2.24, 2.45) is 24.6 Å². The van der Waals surface area contributed by atoms with Gasteiger partial charge in [-0.2, -0.15) is 0 Å². The van der Waals surface area contributed by atoms with Gasteiger partial charge < -0.3 is 15.6 Å². The van der Waals surface area contributed by atoms with E-state index < -0.39 is 0 Å². The van der Waals surface area contributed by atoms with Crippen LogP contribution in [0.5, 0.6) is 0 Å². The SMILES string of the molecule is Cn1cnnc1Sc1ccc(NC(=O)[C@@H]2CCC[C@@H]2CN)cc1. The quantitative estimate of drug-likeness (QED) is 0.878. The zero-order valence-corrected chi connectivity index (χ0v) is 13.9. The molecule has 23 heavy (non-hydrogen) atoms. The molecule has 1 amide bonds. The third kappa shape index (κ3) is 3.73. The third-order valence-corrected chi connectivity index (χ3v) is 5.36. The first-order chi connectivity index (χ1) is 11.2. The van der Waals surface area contributed by atoms with Crippen LogP contribution in [0.25, 0.3) is 0 Å². The van der Waals surface area contributed by atoms with Crippen LogP contribution in [0.2, 0.25) is 0 Å². The maximum Gasteiger partial charge on any atom is 0.227 e. The van der Waals surface area contributed by atoms with Gasteiger partial charge in [0.2, 0.25) is 5.91 Å². The molecule has 0 unspecified atom stereocenters. The van der Waals surface area contributed by atoms with E-state index in [2.05, 4.69) is 15.5 Å². The molecule has 1 fully saturated rings. The van der Waals surface area contributed by atoms with Crippen molar-refractivity contribution >= 4 is 23.4 Å². The summed E-state index contributed by atoms with van der Waals surface area (Å²) in [6.07, 6.45) is 4.76. The van der Waals surface area contributed by atoms with E-state index in [9.17, 15) is 4.79 Å². The highest BCUT2D eigenvalue weighted by molar-refractivity contribution is 7.99.